The number of carbonyl (C=O) groups excluding carboxylic acids is 2. The predicted molar refractivity (Wildman–Crippen MR) is 148 cm³/mol. The summed E-state index contributed by atoms with van der Waals surface area (Å²) in [5, 5.41) is 10.7. The first kappa shape index (κ1) is 27.7. The first-order chi connectivity index (χ1) is 18.8. The number of furan rings is 1. The lowest BCUT2D eigenvalue weighted by Crippen LogP contribution is -2.48. The molecular formula is C32H41NO6. The van der Waals surface area contributed by atoms with Crippen LogP contribution in [0.25, 0.3) is 0 Å². The Morgan fingerprint density at radius 3 is 2.85 bits per heavy atom. The van der Waals surface area contributed by atoms with Crippen LogP contribution in [0.1, 0.15) is 92.0 Å². The second-order valence-corrected chi connectivity index (χ2v) is 11.9. The topological polar surface area (TPSA) is 89.2 Å². The van der Waals surface area contributed by atoms with Crippen LogP contribution >= 0.6 is 0 Å². The van der Waals surface area contributed by atoms with Crippen molar-refractivity contribution in [2.75, 3.05) is 26.8 Å². The van der Waals surface area contributed by atoms with Crippen LogP contribution in [0.5, 0.6) is 0 Å². The third-order valence-electron chi connectivity index (χ3n) is 9.39. The van der Waals surface area contributed by atoms with Crippen LogP contribution in [0.3, 0.4) is 0 Å². The largest absolute Gasteiger partial charge is 0.461 e. The minimum absolute atomic E-state index is 0.0220. The summed E-state index contributed by atoms with van der Waals surface area (Å²) < 4.78 is 17.1. The number of methoxy groups -OCH3 is 1. The Morgan fingerprint density at radius 1 is 1.23 bits per heavy atom. The Labute approximate surface area is 231 Å². The minimum Gasteiger partial charge on any atom is -0.461 e. The summed E-state index contributed by atoms with van der Waals surface area (Å²) in [4.78, 5) is 28.7. The van der Waals surface area contributed by atoms with E-state index < -0.39 is 11.7 Å². The molecule has 7 nitrogen and oxygen atoms in total. The van der Waals surface area contributed by atoms with Crippen LogP contribution in [-0.4, -0.2) is 60.4 Å². The van der Waals surface area contributed by atoms with Gasteiger partial charge in [-0.3, -0.25) is 4.79 Å². The van der Waals surface area contributed by atoms with Crippen molar-refractivity contribution < 1.29 is 28.6 Å². The van der Waals surface area contributed by atoms with E-state index in [1.807, 2.05) is 11.0 Å². The highest BCUT2D eigenvalue weighted by atomic mass is 16.6. The molecule has 1 saturated heterocycles. The summed E-state index contributed by atoms with van der Waals surface area (Å²) in [5.74, 6) is 0.176. The van der Waals surface area contributed by atoms with E-state index >= 15 is 0 Å². The standard InChI is InChI=1S/C32H41NO6/c1-22-7-4-14-31(2)27(13-15-32(31)21-33(30(36)39-32)16-6-17-37-3)25-12-10-23(19-24(34)11-9-22)20-26(25)29(35)28-8-5-18-38-28/h5,7-8,10,12,18,20,24,27,34H,4,6,9,11,13-17,19,21H2,1-3H3/t24-,27-,31-,32+/m0/s1. The summed E-state index contributed by atoms with van der Waals surface area (Å²) in [5.41, 5.74) is 2.80. The van der Waals surface area contributed by atoms with Crippen molar-refractivity contribution in [2.45, 2.75) is 82.8 Å². The Morgan fingerprint density at radius 2 is 2.08 bits per heavy atom. The van der Waals surface area contributed by atoms with Gasteiger partial charge in [0.1, 0.15) is 5.60 Å². The number of amides is 1. The van der Waals surface area contributed by atoms with Crippen molar-refractivity contribution in [3.8, 4) is 0 Å². The number of aliphatic hydroxyl groups excluding tert-OH is 1. The van der Waals surface area contributed by atoms with Gasteiger partial charge >= 0.3 is 6.09 Å². The van der Waals surface area contributed by atoms with E-state index in [2.05, 4.69) is 32.1 Å². The normalized spacial score (nSPS) is 29.3. The molecular weight excluding hydrogens is 494 g/mol. The third-order valence-corrected chi connectivity index (χ3v) is 9.39. The molecule has 1 saturated carbocycles. The molecule has 0 unspecified atom stereocenters. The molecule has 2 fully saturated rings. The highest BCUT2D eigenvalue weighted by molar-refractivity contribution is 6.08. The number of nitrogens with zero attached hydrogens (tertiary/aromatic N) is 1. The van der Waals surface area contributed by atoms with Crippen molar-refractivity contribution in [2.24, 2.45) is 5.41 Å². The van der Waals surface area contributed by atoms with Crippen molar-refractivity contribution in [3.05, 3.63) is 70.7 Å². The number of hydrogen-bond acceptors (Lipinski definition) is 6. The number of allylic oxidation sites excluding steroid dienone is 2. The maximum absolute atomic E-state index is 13.8. The highest BCUT2D eigenvalue weighted by Gasteiger charge is 2.63. The smallest absolute Gasteiger partial charge is 0.410 e. The third kappa shape index (κ3) is 5.31. The number of hydrogen-bond donors (Lipinski definition) is 1. The van der Waals surface area contributed by atoms with Gasteiger partial charge in [0.05, 0.1) is 18.9 Å². The molecule has 4 atom stereocenters. The van der Waals surface area contributed by atoms with E-state index in [-0.39, 0.29) is 23.2 Å². The SMILES string of the molecule is COCCCN1C[C@@]2(CC[C@H]3c4ccc(cc4C(=O)c4ccco4)C[C@@H](O)CCC(C)=CCC[C@@]32C)OC1=O. The van der Waals surface area contributed by atoms with E-state index in [9.17, 15) is 14.7 Å². The van der Waals surface area contributed by atoms with Crippen molar-refractivity contribution >= 4 is 11.9 Å². The fourth-order valence-corrected chi connectivity index (χ4v) is 7.09. The van der Waals surface area contributed by atoms with E-state index in [0.717, 1.165) is 49.7 Å². The van der Waals surface area contributed by atoms with Crippen molar-refractivity contribution in [1.82, 2.24) is 4.90 Å². The molecule has 0 radical (unpaired) electrons. The van der Waals surface area contributed by atoms with Crippen molar-refractivity contribution in [1.29, 1.82) is 0 Å². The Bertz CT molecular complexity index is 1220. The van der Waals surface area contributed by atoms with Crippen LogP contribution in [-0.2, 0) is 15.9 Å². The van der Waals surface area contributed by atoms with Gasteiger partial charge in [-0.2, -0.15) is 0 Å². The average molecular weight is 536 g/mol. The molecule has 1 aromatic carbocycles. The van der Waals surface area contributed by atoms with Crippen LogP contribution in [0.15, 0.2) is 52.7 Å². The van der Waals surface area contributed by atoms with Gasteiger partial charge in [0.25, 0.3) is 0 Å². The fraction of sp³-hybridized carbons (Fsp3) is 0.562. The second kappa shape index (κ2) is 11.3. The number of ketones is 1. The van der Waals surface area contributed by atoms with Crippen LogP contribution in [0, 0.1) is 5.41 Å². The number of rotatable bonds is 6. The van der Waals surface area contributed by atoms with Gasteiger partial charge in [-0.05, 0) is 93.5 Å². The van der Waals surface area contributed by atoms with Gasteiger partial charge in [-0.25, -0.2) is 4.79 Å². The molecule has 2 bridgehead atoms. The molecule has 4 aliphatic rings. The number of aliphatic hydroxyl groups is 1. The zero-order valence-electron chi connectivity index (χ0n) is 23.4. The Kier molecular flexibility index (Phi) is 8.01. The predicted octanol–water partition coefficient (Wildman–Crippen LogP) is 6.05. The van der Waals surface area contributed by atoms with Crippen molar-refractivity contribution in [3.63, 3.8) is 0 Å². The molecule has 1 aliphatic heterocycles. The zero-order valence-corrected chi connectivity index (χ0v) is 23.4. The summed E-state index contributed by atoms with van der Waals surface area (Å²) in [6, 6.07) is 9.49. The molecule has 1 N–H and O–H groups in total. The summed E-state index contributed by atoms with van der Waals surface area (Å²) >= 11 is 0. The summed E-state index contributed by atoms with van der Waals surface area (Å²) in [6.45, 7) is 6.14. The highest BCUT2D eigenvalue weighted by Crippen LogP contribution is 2.61. The Hall–Kier alpha value is -2.90. The molecule has 7 heteroatoms. The number of fused-ring (bicyclic) bond motifs is 8. The number of ether oxygens (including phenoxy) is 2. The van der Waals surface area contributed by atoms with Gasteiger partial charge in [0, 0.05) is 31.2 Å². The van der Waals surface area contributed by atoms with Gasteiger partial charge in [0.2, 0.25) is 5.78 Å². The molecule has 39 heavy (non-hydrogen) atoms. The first-order valence-electron chi connectivity index (χ1n) is 14.3. The molecule has 6 rings (SSSR count). The monoisotopic (exact) mass is 535 g/mol. The first-order valence-corrected chi connectivity index (χ1v) is 14.3. The molecule has 3 aliphatic carbocycles. The van der Waals surface area contributed by atoms with E-state index in [0.29, 0.717) is 43.9 Å². The molecule has 2 heterocycles. The van der Waals surface area contributed by atoms with Crippen LogP contribution in [0.4, 0.5) is 4.79 Å². The molecule has 1 spiro atoms. The lowest BCUT2D eigenvalue weighted by molar-refractivity contribution is -0.0373. The van der Waals surface area contributed by atoms with E-state index in [1.54, 1.807) is 19.2 Å². The molecule has 2 aromatic rings. The maximum atomic E-state index is 13.8. The maximum Gasteiger partial charge on any atom is 0.410 e. The second-order valence-electron chi connectivity index (χ2n) is 11.9. The lowest BCUT2D eigenvalue weighted by atomic mass is 9.65. The summed E-state index contributed by atoms with van der Waals surface area (Å²) in [6.07, 6.45) is 9.05. The number of benzene rings is 1. The summed E-state index contributed by atoms with van der Waals surface area (Å²) in [7, 11) is 1.67. The van der Waals surface area contributed by atoms with Gasteiger partial charge in [0.15, 0.2) is 5.76 Å². The fourth-order valence-electron chi connectivity index (χ4n) is 7.09. The molecule has 1 amide bonds. The van der Waals surface area contributed by atoms with Gasteiger partial charge in [-0.1, -0.05) is 30.7 Å². The van der Waals surface area contributed by atoms with Crippen LogP contribution in [0.2, 0.25) is 0 Å². The van der Waals surface area contributed by atoms with Gasteiger partial charge < -0.3 is 23.9 Å². The molecule has 210 valence electrons. The van der Waals surface area contributed by atoms with E-state index in [4.69, 9.17) is 13.9 Å². The van der Waals surface area contributed by atoms with E-state index in [1.165, 1.54) is 11.8 Å². The average Bonchev–Trinajstić information content (AvgIpc) is 3.62. The van der Waals surface area contributed by atoms with Gasteiger partial charge in [-0.15, -0.1) is 0 Å². The Balaban J connectivity index is 1.58. The number of carbonyl (C=O) groups is 2. The minimum atomic E-state index is -0.625. The zero-order chi connectivity index (χ0) is 27.6. The van der Waals surface area contributed by atoms with Crippen LogP contribution < -0.4 is 0 Å². The lowest BCUT2D eigenvalue weighted by Gasteiger charge is -2.43. The molecule has 1 aromatic heterocycles. The quantitative estimate of drug-likeness (QED) is 0.275.